The first-order chi connectivity index (χ1) is 12.1. The average molecular weight is 403 g/mol. The molecule has 0 fully saturated rings. The standard InChI is InChI=1S/C17H17ClF2N2O3S/c1-3-16(17(23)21-15-9-6-12(19)10-14(15)20)22(26(2,24)25)13-7-4-11(18)5-8-13/h4-10,16H,3H2,1-2H3,(H,21,23). The number of hydrogen-bond acceptors (Lipinski definition) is 3. The summed E-state index contributed by atoms with van der Waals surface area (Å²) in [5, 5.41) is 2.72. The van der Waals surface area contributed by atoms with Crippen LogP contribution in [0.5, 0.6) is 0 Å². The van der Waals surface area contributed by atoms with Crippen LogP contribution in [0.2, 0.25) is 5.02 Å². The van der Waals surface area contributed by atoms with Gasteiger partial charge in [0.2, 0.25) is 15.9 Å². The Hall–Kier alpha value is -2.19. The van der Waals surface area contributed by atoms with Gasteiger partial charge in [-0.1, -0.05) is 18.5 Å². The van der Waals surface area contributed by atoms with Gasteiger partial charge < -0.3 is 5.32 Å². The van der Waals surface area contributed by atoms with Crippen molar-refractivity contribution in [1.29, 1.82) is 0 Å². The Morgan fingerprint density at radius 3 is 2.31 bits per heavy atom. The molecule has 1 unspecified atom stereocenters. The first-order valence-electron chi connectivity index (χ1n) is 7.64. The van der Waals surface area contributed by atoms with E-state index in [1.165, 1.54) is 24.3 Å². The fraction of sp³-hybridized carbons (Fsp3) is 0.235. The average Bonchev–Trinajstić information content (AvgIpc) is 2.55. The molecule has 0 radical (unpaired) electrons. The Labute approximate surface area is 155 Å². The fourth-order valence-corrected chi connectivity index (χ4v) is 3.79. The molecular formula is C17H17ClF2N2O3S. The number of amides is 1. The number of halogens is 3. The largest absolute Gasteiger partial charge is 0.322 e. The Morgan fingerprint density at radius 1 is 1.19 bits per heavy atom. The van der Waals surface area contributed by atoms with Crippen molar-refractivity contribution in [3.05, 3.63) is 59.1 Å². The van der Waals surface area contributed by atoms with Crippen molar-refractivity contribution in [2.24, 2.45) is 0 Å². The molecule has 5 nitrogen and oxygen atoms in total. The maximum Gasteiger partial charge on any atom is 0.248 e. The normalized spacial score (nSPS) is 12.5. The van der Waals surface area contributed by atoms with Crippen molar-refractivity contribution in [3.63, 3.8) is 0 Å². The molecule has 0 aromatic heterocycles. The number of rotatable bonds is 6. The lowest BCUT2D eigenvalue weighted by Crippen LogP contribution is -2.47. The Bertz CT molecular complexity index is 905. The van der Waals surface area contributed by atoms with E-state index in [0.717, 1.165) is 22.7 Å². The van der Waals surface area contributed by atoms with Crippen LogP contribution in [-0.2, 0) is 14.8 Å². The predicted octanol–water partition coefficient (Wildman–Crippen LogP) is 3.80. The Kier molecular flexibility index (Phi) is 6.20. The van der Waals surface area contributed by atoms with E-state index in [1.54, 1.807) is 6.92 Å². The first kappa shape index (κ1) is 20.1. The maximum absolute atomic E-state index is 13.8. The zero-order chi connectivity index (χ0) is 19.5. The molecule has 9 heteroatoms. The molecule has 0 aliphatic carbocycles. The highest BCUT2D eigenvalue weighted by Gasteiger charge is 2.31. The van der Waals surface area contributed by atoms with Crippen molar-refractivity contribution in [1.82, 2.24) is 0 Å². The van der Waals surface area contributed by atoms with E-state index in [9.17, 15) is 22.0 Å². The number of nitrogens with one attached hydrogen (secondary N) is 1. The van der Waals surface area contributed by atoms with Gasteiger partial charge in [0, 0.05) is 11.1 Å². The lowest BCUT2D eigenvalue weighted by Gasteiger charge is -2.30. The second kappa shape index (κ2) is 8.01. The molecule has 1 amide bonds. The summed E-state index contributed by atoms with van der Waals surface area (Å²) in [5.74, 6) is -2.48. The summed E-state index contributed by atoms with van der Waals surface area (Å²) in [6.07, 6.45) is 1.10. The molecule has 0 aliphatic rings. The number of benzene rings is 2. The quantitative estimate of drug-likeness (QED) is 0.799. The lowest BCUT2D eigenvalue weighted by molar-refractivity contribution is -0.117. The highest BCUT2D eigenvalue weighted by molar-refractivity contribution is 7.92. The van der Waals surface area contributed by atoms with Gasteiger partial charge in [-0.15, -0.1) is 0 Å². The number of carbonyl (C=O) groups is 1. The smallest absolute Gasteiger partial charge is 0.248 e. The molecule has 140 valence electrons. The Balaban J connectivity index is 2.38. The molecular weight excluding hydrogens is 386 g/mol. The first-order valence-corrected chi connectivity index (χ1v) is 9.87. The van der Waals surface area contributed by atoms with Gasteiger partial charge in [-0.3, -0.25) is 9.10 Å². The molecule has 0 heterocycles. The van der Waals surface area contributed by atoms with Crippen molar-refractivity contribution in [2.45, 2.75) is 19.4 Å². The van der Waals surface area contributed by atoms with Crippen LogP contribution in [-0.4, -0.2) is 26.6 Å². The zero-order valence-electron chi connectivity index (χ0n) is 14.0. The molecule has 1 atom stereocenters. The van der Waals surface area contributed by atoms with Crippen LogP contribution in [0.1, 0.15) is 13.3 Å². The van der Waals surface area contributed by atoms with Crippen molar-refractivity contribution in [2.75, 3.05) is 15.9 Å². The van der Waals surface area contributed by atoms with E-state index in [4.69, 9.17) is 11.6 Å². The van der Waals surface area contributed by atoms with Crippen molar-refractivity contribution >= 4 is 38.9 Å². The summed E-state index contributed by atoms with van der Waals surface area (Å²) in [7, 11) is -3.82. The van der Waals surface area contributed by atoms with Crippen LogP contribution in [0.4, 0.5) is 20.2 Å². The van der Waals surface area contributed by atoms with E-state index in [1.807, 2.05) is 0 Å². The molecule has 0 aliphatic heterocycles. The van der Waals surface area contributed by atoms with Crippen LogP contribution >= 0.6 is 11.6 Å². The molecule has 0 spiro atoms. The van der Waals surface area contributed by atoms with E-state index in [-0.39, 0.29) is 17.8 Å². The molecule has 0 bridgehead atoms. The summed E-state index contributed by atoms with van der Waals surface area (Å²) in [6, 6.07) is 7.50. The molecule has 1 N–H and O–H groups in total. The third kappa shape index (κ3) is 4.70. The van der Waals surface area contributed by atoms with Gasteiger partial charge in [0.1, 0.15) is 17.7 Å². The van der Waals surface area contributed by atoms with Crippen LogP contribution in [0.25, 0.3) is 0 Å². The summed E-state index contributed by atoms with van der Waals surface area (Å²) < 4.78 is 52.3. The van der Waals surface area contributed by atoms with Gasteiger partial charge in [0.05, 0.1) is 17.6 Å². The molecule has 2 aromatic rings. The number of anilines is 2. The van der Waals surface area contributed by atoms with Crippen LogP contribution in [0.15, 0.2) is 42.5 Å². The minimum absolute atomic E-state index is 0.129. The molecule has 2 aromatic carbocycles. The minimum Gasteiger partial charge on any atom is -0.322 e. The van der Waals surface area contributed by atoms with E-state index in [2.05, 4.69) is 5.32 Å². The number of nitrogens with zero attached hydrogens (tertiary/aromatic N) is 1. The van der Waals surface area contributed by atoms with Crippen molar-refractivity contribution in [3.8, 4) is 0 Å². The lowest BCUT2D eigenvalue weighted by atomic mass is 10.1. The van der Waals surface area contributed by atoms with Gasteiger partial charge >= 0.3 is 0 Å². The summed E-state index contributed by atoms with van der Waals surface area (Å²) >= 11 is 5.82. The van der Waals surface area contributed by atoms with E-state index in [0.29, 0.717) is 11.1 Å². The maximum atomic E-state index is 13.8. The summed E-state index contributed by atoms with van der Waals surface area (Å²) in [4.78, 5) is 12.6. The predicted molar refractivity (Wildman–Crippen MR) is 97.8 cm³/mol. The van der Waals surface area contributed by atoms with Crippen LogP contribution in [0, 0.1) is 11.6 Å². The highest BCUT2D eigenvalue weighted by Crippen LogP contribution is 2.25. The third-order valence-electron chi connectivity index (χ3n) is 3.60. The summed E-state index contributed by atoms with van der Waals surface area (Å²) in [6.45, 7) is 1.62. The van der Waals surface area contributed by atoms with Gasteiger partial charge in [0.25, 0.3) is 0 Å². The minimum atomic E-state index is -3.82. The molecule has 26 heavy (non-hydrogen) atoms. The molecule has 2 rings (SSSR count). The highest BCUT2D eigenvalue weighted by atomic mass is 35.5. The summed E-state index contributed by atoms with van der Waals surface area (Å²) in [5.41, 5.74) is 0.0119. The van der Waals surface area contributed by atoms with Crippen LogP contribution < -0.4 is 9.62 Å². The molecule has 0 saturated carbocycles. The number of carbonyl (C=O) groups excluding carboxylic acids is 1. The zero-order valence-corrected chi connectivity index (χ0v) is 15.6. The fourth-order valence-electron chi connectivity index (χ4n) is 2.46. The second-order valence-electron chi connectivity index (χ2n) is 5.57. The second-order valence-corrected chi connectivity index (χ2v) is 7.87. The number of hydrogen-bond donors (Lipinski definition) is 1. The van der Waals surface area contributed by atoms with E-state index >= 15 is 0 Å². The van der Waals surface area contributed by atoms with E-state index < -0.39 is 33.6 Å². The Morgan fingerprint density at radius 2 is 1.81 bits per heavy atom. The van der Waals surface area contributed by atoms with Gasteiger partial charge in [-0.2, -0.15) is 0 Å². The van der Waals surface area contributed by atoms with Gasteiger partial charge in [0.15, 0.2) is 0 Å². The SMILES string of the molecule is CCC(C(=O)Nc1ccc(F)cc1F)N(c1ccc(Cl)cc1)S(C)(=O)=O. The van der Waals surface area contributed by atoms with Crippen molar-refractivity contribution < 1.29 is 22.0 Å². The monoisotopic (exact) mass is 402 g/mol. The topological polar surface area (TPSA) is 66.5 Å². The van der Waals surface area contributed by atoms with Gasteiger partial charge in [-0.25, -0.2) is 17.2 Å². The van der Waals surface area contributed by atoms with Gasteiger partial charge in [-0.05, 0) is 42.8 Å². The third-order valence-corrected chi connectivity index (χ3v) is 5.03. The van der Waals surface area contributed by atoms with Crippen LogP contribution in [0.3, 0.4) is 0 Å². The number of sulfonamides is 1. The molecule has 0 saturated heterocycles.